The van der Waals surface area contributed by atoms with Gasteiger partial charge in [0.2, 0.25) is 0 Å². The smallest absolute Gasteiger partial charge is 0.189 e. The molecule has 134 valence electrons. The zero-order chi connectivity index (χ0) is 17.9. The van der Waals surface area contributed by atoms with Crippen LogP contribution in [0, 0.1) is 0 Å². The molecule has 0 unspecified atom stereocenters. The highest BCUT2D eigenvalue weighted by atomic mass is 32.2. The minimum absolute atomic E-state index is 0.0331. The van der Waals surface area contributed by atoms with Crippen LogP contribution in [0.4, 0.5) is 5.82 Å². The number of hydrogen-bond donors (Lipinski definition) is 0. The fourth-order valence-corrected chi connectivity index (χ4v) is 3.31. The van der Waals surface area contributed by atoms with Gasteiger partial charge in [0.1, 0.15) is 5.82 Å². The summed E-state index contributed by atoms with van der Waals surface area (Å²) in [6.07, 6.45) is 5.77. The van der Waals surface area contributed by atoms with E-state index in [1.165, 1.54) is 5.56 Å². The van der Waals surface area contributed by atoms with E-state index in [2.05, 4.69) is 53.8 Å². The summed E-state index contributed by atoms with van der Waals surface area (Å²) in [4.78, 5) is 18.4. The van der Waals surface area contributed by atoms with E-state index < -0.39 is 0 Å². The first kappa shape index (κ1) is 18.1. The van der Waals surface area contributed by atoms with Gasteiger partial charge in [-0.25, -0.2) is 9.97 Å². The first-order valence-corrected chi connectivity index (χ1v) is 9.98. The Morgan fingerprint density at radius 1 is 1.04 bits per heavy atom. The summed E-state index contributed by atoms with van der Waals surface area (Å²) in [5, 5.41) is 0.863. The van der Waals surface area contributed by atoms with Crippen molar-refractivity contribution in [2.75, 3.05) is 37.3 Å². The monoisotopic (exact) mass is 357 g/mol. The summed E-state index contributed by atoms with van der Waals surface area (Å²) < 4.78 is 0. The molecular weight excluding hydrogens is 330 g/mol. The number of thioether (sulfide) groups is 1. The van der Waals surface area contributed by atoms with Gasteiger partial charge in [-0.1, -0.05) is 32.5 Å². The van der Waals surface area contributed by atoms with Crippen LogP contribution in [-0.2, 0) is 12.0 Å². The maximum atomic E-state index is 4.75. The Morgan fingerprint density at radius 3 is 2.32 bits per heavy atom. The average Bonchev–Trinajstić information content (AvgIpc) is 2.62. The zero-order valence-electron chi connectivity index (χ0n) is 15.6. The van der Waals surface area contributed by atoms with Crippen molar-refractivity contribution in [3.05, 3.63) is 41.9 Å². The topological polar surface area (TPSA) is 45.2 Å². The minimum Gasteiger partial charge on any atom is -0.354 e. The van der Waals surface area contributed by atoms with E-state index in [0.29, 0.717) is 0 Å². The Morgan fingerprint density at radius 2 is 1.72 bits per heavy atom. The lowest BCUT2D eigenvalue weighted by molar-refractivity contribution is 0.249. The number of hydrogen-bond acceptors (Lipinski definition) is 6. The van der Waals surface area contributed by atoms with Crippen LogP contribution in [0.1, 0.15) is 32.0 Å². The molecule has 2 aromatic heterocycles. The van der Waals surface area contributed by atoms with E-state index in [-0.39, 0.29) is 5.41 Å². The summed E-state index contributed by atoms with van der Waals surface area (Å²) in [5.41, 5.74) is 2.47. The molecule has 1 saturated heterocycles. The number of pyridine rings is 1. The molecule has 0 bridgehead atoms. The van der Waals surface area contributed by atoms with Crippen molar-refractivity contribution in [1.29, 1.82) is 0 Å². The van der Waals surface area contributed by atoms with Crippen molar-refractivity contribution in [2.24, 2.45) is 0 Å². The molecule has 0 radical (unpaired) electrons. The maximum Gasteiger partial charge on any atom is 0.189 e. The molecule has 0 atom stereocenters. The summed E-state index contributed by atoms with van der Waals surface area (Å²) in [6, 6.07) is 6.35. The van der Waals surface area contributed by atoms with Crippen molar-refractivity contribution in [3.63, 3.8) is 0 Å². The lowest BCUT2D eigenvalue weighted by Crippen LogP contribution is -2.46. The number of piperazine rings is 1. The Labute approximate surface area is 154 Å². The second-order valence-electron chi connectivity index (χ2n) is 7.47. The molecule has 0 saturated carbocycles. The molecule has 2 aromatic rings. The largest absolute Gasteiger partial charge is 0.354 e. The SMILES string of the molecule is CSc1nc(N2CCN(Cc3ccncc3)CC2)cc(C(C)(C)C)n1. The molecule has 25 heavy (non-hydrogen) atoms. The number of nitrogens with zero attached hydrogens (tertiary/aromatic N) is 5. The first-order chi connectivity index (χ1) is 12.0. The second kappa shape index (κ2) is 7.70. The Kier molecular flexibility index (Phi) is 5.59. The molecule has 0 amide bonds. The van der Waals surface area contributed by atoms with Gasteiger partial charge in [0.05, 0.1) is 5.69 Å². The Bertz CT molecular complexity index is 691. The highest BCUT2D eigenvalue weighted by Crippen LogP contribution is 2.26. The molecule has 1 fully saturated rings. The molecular formula is C19H27N5S. The molecule has 0 aromatic carbocycles. The van der Waals surface area contributed by atoms with Gasteiger partial charge in [0, 0.05) is 56.6 Å². The Hall–Kier alpha value is -1.66. The maximum absolute atomic E-state index is 4.75. The van der Waals surface area contributed by atoms with Crippen molar-refractivity contribution < 1.29 is 0 Å². The molecule has 6 heteroatoms. The van der Waals surface area contributed by atoms with Crippen molar-refractivity contribution in [1.82, 2.24) is 19.9 Å². The molecule has 0 N–H and O–H groups in total. The van der Waals surface area contributed by atoms with Gasteiger partial charge in [-0.3, -0.25) is 9.88 Å². The lowest BCUT2D eigenvalue weighted by atomic mass is 9.92. The van der Waals surface area contributed by atoms with Crippen LogP contribution in [-0.4, -0.2) is 52.3 Å². The fraction of sp³-hybridized carbons (Fsp3) is 0.526. The average molecular weight is 358 g/mol. The second-order valence-corrected chi connectivity index (χ2v) is 8.24. The molecule has 0 spiro atoms. The van der Waals surface area contributed by atoms with E-state index in [4.69, 9.17) is 9.97 Å². The summed E-state index contributed by atoms with van der Waals surface area (Å²) in [7, 11) is 0. The van der Waals surface area contributed by atoms with E-state index in [9.17, 15) is 0 Å². The van der Waals surface area contributed by atoms with Crippen LogP contribution in [0.3, 0.4) is 0 Å². The van der Waals surface area contributed by atoms with Crippen LogP contribution in [0.25, 0.3) is 0 Å². The number of rotatable bonds is 4. The van der Waals surface area contributed by atoms with Gasteiger partial charge in [-0.2, -0.15) is 0 Å². The van der Waals surface area contributed by atoms with Crippen LogP contribution in [0.5, 0.6) is 0 Å². The number of anilines is 1. The predicted molar refractivity (Wildman–Crippen MR) is 104 cm³/mol. The quantitative estimate of drug-likeness (QED) is 0.618. The van der Waals surface area contributed by atoms with Crippen LogP contribution < -0.4 is 4.90 Å². The third-order valence-corrected chi connectivity index (χ3v) is 5.04. The molecule has 3 heterocycles. The van der Waals surface area contributed by atoms with Gasteiger partial charge in [0.25, 0.3) is 0 Å². The van der Waals surface area contributed by atoms with Gasteiger partial charge < -0.3 is 4.90 Å². The van der Waals surface area contributed by atoms with Crippen molar-refractivity contribution in [3.8, 4) is 0 Å². The summed E-state index contributed by atoms with van der Waals surface area (Å²) >= 11 is 1.61. The first-order valence-electron chi connectivity index (χ1n) is 8.75. The van der Waals surface area contributed by atoms with Crippen LogP contribution in [0.2, 0.25) is 0 Å². The number of aromatic nitrogens is 3. The predicted octanol–water partition coefficient (Wildman–Crippen LogP) is 3.21. The van der Waals surface area contributed by atoms with E-state index in [1.54, 1.807) is 11.8 Å². The Balaban J connectivity index is 1.68. The molecule has 0 aliphatic carbocycles. The molecule has 5 nitrogen and oxygen atoms in total. The van der Waals surface area contributed by atoms with Gasteiger partial charge >= 0.3 is 0 Å². The van der Waals surface area contributed by atoms with Crippen molar-refractivity contribution >= 4 is 17.6 Å². The fourth-order valence-electron chi connectivity index (χ4n) is 2.93. The minimum atomic E-state index is 0.0331. The highest BCUT2D eigenvalue weighted by molar-refractivity contribution is 7.98. The third-order valence-electron chi connectivity index (χ3n) is 4.49. The van der Waals surface area contributed by atoms with Crippen LogP contribution in [0.15, 0.2) is 35.7 Å². The van der Waals surface area contributed by atoms with Gasteiger partial charge in [-0.15, -0.1) is 0 Å². The van der Waals surface area contributed by atoms with E-state index in [0.717, 1.165) is 49.4 Å². The molecule has 1 aliphatic heterocycles. The normalized spacial score (nSPS) is 16.2. The van der Waals surface area contributed by atoms with Crippen LogP contribution >= 0.6 is 11.8 Å². The van der Waals surface area contributed by atoms with Crippen molar-refractivity contribution in [2.45, 2.75) is 37.9 Å². The summed E-state index contributed by atoms with van der Waals surface area (Å²) in [6.45, 7) is 11.7. The molecule has 1 aliphatic rings. The summed E-state index contributed by atoms with van der Waals surface area (Å²) in [5.74, 6) is 1.06. The van der Waals surface area contributed by atoms with Gasteiger partial charge in [0.15, 0.2) is 5.16 Å². The molecule has 3 rings (SSSR count). The van der Waals surface area contributed by atoms with Gasteiger partial charge in [-0.05, 0) is 24.0 Å². The zero-order valence-corrected chi connectivity index (χ0v) is 16.4. The van der Waals surface area contributed by atoms with E-state index >= 15 is 0 Å². The lowest BCUT2D eigenvalue weighted by Gasteiger charge is -2.36. The highest BCUT2D eigenvalue weighted by Gasteiger charge is 2.22. The standard InChI is InChI=1S/C19H27N5S/c1-19(2,3)16-13-17(22-18(21-16)25-4)24-11-9-23(10-12-24)14-15-5-7-20-8-6-15/h5-8,13H,9-12,14H2,1-4H3. The third kappa shape index (κ3) is 4.70. The van der Waals surface area contributed by atoms with E-state index in [1.807, 2.05) is 18.6 Å².